The molecule has 4 rings (SSSR count). The lowest BCUT2D eigenvalue weighted by molar-refractivity contribution is -0.139. The Bertz CT molecular complexity index is 1570. The number of carbonyl (C=O) groups excluding carboxylic acids is 1. The molecule has 0 saturated heterocycles. The van der Waals surface area contributed by atoms with Gasteiger partial charge in [-0.2, -0.15) is 0 Å². The highest BCUT2D eigenvalue weighted by Crippen LogP contribution is 2.35. The Kier molecular flexibility index (Phi) is 8.57. The topological polar surface area (TPSA) is 90.1 Å². The van der Waals surface area contributed by atoms with E-state index >= 15 is 0 Å². The quantitative estimate of drug-likeness (QED) is 0.361. The molecule has 0 amide bonds. The Labute approximate surface area is 233 Å². The molecule has 9 heteroatoms. The number of phenolic OH excluding ortho intramolecular Hbond substituents is 1. The predicted molar refractivity (Wildman–Crippen MR) is 153 cm³/mol. The minimum atomic E-state index is -0.680. The molecule has 0 aliphatic carbocycles. The van der Waals surface area contributed by atoms with E-state index in [1.165, 1.54) is 18.4 Å². The Morgan fingerprint density at radius 3 is 2.55 bits per heavy atom. The summed E-state index contributed by atoms with van der Waals surface area (Å²) in [5.74, 6) is 0.0931. The molecule has 0 saturated carbocycles. The second kappa shape index (κ2) is 11.7. The van der Waals surface area contributed by atoms with Gasteiger partial charge in [-0.1, -0.05) is 78.7 Å². The number of nitrogens with zero attached hydrogens (tertiary/aromatic N) is 2. The molecule has 7 nitrogen and oxygen atoms in total. The van der Waals surface area contributed by atoms with Crippen LogP contribution >= 0.6 is 27.3 Å². The Morgan fingerprint density at radius 1 is 1.24 bits per heavy atom. The highest BCUT2D eigenvalue weighted by atomic mass is 79.9. The standard InChI is InChI=1S/C29H31BrN2O5S/c1-6-8-21-24(28(35)37-7-2)25(18-11-9-17(10-12-18)16(3)4)32-27(34)23(38-29(32)31-21)14-19-13-20(30)15-22(36-5)26(19)33/h9-16,25,33H,6-8H2,1-5H3/b23-14-/t25-/m0/s1. The fourth-order valence-corrected chi connectivity index (χ4v) is 5.97. The maximum absolute atomic E-state index is 13.9. The van der Waals surface area contributed by atoms with Gasteiger partial charge in [0.05, 0.1) is 35.6 Å². The fraction of sp³-hybridized carbons (Fsp3) is 0.345. The van der Waals surface area contributed by atoms with Crippen molar-refractivity contribution >= 4 is 39.3 Å². The maximum Gasteiger partial charge on any atom is 0.338 e. The molecule has 0 radical (unpaired) electrons. The van der Waals surface area contributed by atoms with Crippen molar-refractivity contribution in [1.29, 1.82) is 0 Å². The summed E-state index contributed by atoms with van der Waals surface area (Å²) >= 11 is 4.65. The summed E-state index contributed by atoms with van der Waals surface area (Å²) in [7, 11) is 1.47. The van der Waals surface area contributed by atoms with Gasteiger partial charge in [0.2, 0.25) is 0 Å². The first-order chi connectivity index (χ1) is 18.2. The number of thiazole rings is 1. The second-order valence-electron chi connectivity index (χ2n) is 9.28. The van der Waals surface area contributed by atoms with Gasteiger partial charge in [-0.3, -0.25) is 9.36 Å². The van der Waals surface area contributed by atoms with Crippen LogP contribution in [0.1, 0.15) is 69.2 Å². The van der Waals surface area contributed by atoms with Crippen molar-refractivity contribution in [3.05, 3.63) is 88.5 Å². The zero-order valence-corrected chi connectivity index (χ0v) is 24.5. The number of rotatable bonds is 8. The van der Waals surface area contributed by atoms with E-state index in [0.29, 0.717) is 43.0 Å². The molecular formula is C29H31BrN2O5S. The van der Waals surface area contributed by atoms with Crippen molar-refractivity contribution in [2.24, 2.45) is 4.99 Å². The van der Waals surface area contributed by atoms with Crippen molar-refractivity contribution in [2.45, 2.75) is 52.5 Å². The first-order valence-electron chi connectivity index (χ1n) is 12.6. The second-order valence-corrected chi connectivity index (χ2v) is 11.2. The number of halogens is 1. The molecule has 2 heterocycles. The van der Waals surface area contributed by atoms with Gasteiger partial charge in [0.25, 0.3) is 5.56 Å². The summed E-state index contributed by atoms with van der Waals surface area (Å²) in [4.78, 5) is 32.5. The van der Waals surface area contributed by atoms with E-state index in [2.05, 4.69) is 29.8 Å². The number of aromatic hydroxyl groups is 1. The number of hydrogen-bond acceptors (Lipinski definition) is 7. The number of benzene rings is 2. The van der Waals surface area contributed by atoms with Gasteiger partial charge in [-0.05, 0) is 48.6 Å². The number of phenols is 1. The fourth-order valence-electron chi connectivity index (χ4n) is 4.50. The van der Waals surface area contributed by atoms with Crippen LogP contribution < -0.4 is 19.6 Å². The molecule has 2 aromatic carbocycles. The molecule has 0 fully saturated rings. The summed E-state index contributed by atoms with van der Waals surface area (Å²) in [6.45, 7) is 8.24. The molecule has 1 aliphatic rings. The first-order valence-corrected chi connectivity index (χ1v) is 14.2. The minimum Gasteiger partial charge on any atom is -0.504 e. The minimum absolute atomic E-state index is 0.0683. The number of allylic oxidation sites excluding steroid dienone is 1. The smallest absolute Gasteiger partial charge is 0.338 e. The van der Waals surface area contributed by atoms with Crippen molar-refractivity contribution in [3.8, 4) is 11.5 Å². The Hall–Kier alpha value is -3.17. The summed E-state index contributed by atoms with van der Waals surface area (Å²) in [5, 5.41) is 10.7. The van der Waals surface area contributed by atoms with Gasteiger partial charge >= 0.3 is 5.97 Å². The van der Waals surface area contributed by atoms with E-state index in [-0.39, 0.29) is 23.7 Å². The predicted octanol–water partition coefficient (Wildman–Crippen LogP) is 5.18. The average Bonchev–Trinajstić information content (AvgIpc) is 3.19. The number of ether oxygens (including phenoxy) is 2. The van der Waals surface area contributed by atoms with Gasteiger partial charge in [0.1, 0.15) is 0 Å². The number of carbonyl (C=O) groups is 1. The highest BCUT2D eigenvalue weighted by molar-refractivity contribution is 9.10. The van der Waals surface area contributed by atoms with Crippen LogP contribution in [0.25, 0.3) is 6.08 Å². The number of esters is 1. The van der Waals surface area contributed by atoms with E-state index in [1.54, 1.807) is 29.7 Å². The van der Waals surface area contributed by atoms with Crippen LogP contribution in [0.2, 0.25) is 0 Å². The largest absolute Gasteiger partial charge is 0.504 e. The van der Waals surface area contributed by atoms with E-state index in [1.807, 2.05) is 31.2 Å². The SMILES string of the molecule is CCCC1=C(C(=O)OCC)[C@H](c2ccc(C(C)C)cc2)n2c(s/c(=C\c3cc(Br)cc(OC)c3O)c2=O)=N1. The van der Waals surface area contributed by atoms with Crippen LogP contribution in [0.15, 0.2) is 61.9 Å². The molecule has 200 valence electrons. The summed E-state index contributed by atoms with van der Waals surface area (Å²) in [6, 6.07) is 10.7. The molecule has 1 atom stereocenters. The molecule has 38 heavy (non-hydrogen) atoms. The zero-order chi connectivity index (χ0) is 27.6. The summed E-state index contributed by atoms with van der Waals surface area (Å²) in [6.07, 6.45) is 2.98. The van der Waals surface area contributed by atoms with Gasteiger partial charge in [0.15, 0.2) is 16.3 Å². The number of hydrogen-bond donors (Lipinski definition) is 1. The van der Waals surface area contributed by atoms with Crippen molar-refractivity contribution < 1.29 is 19.4 Å². The lowest BCUT2D eigenvalue weighted by Gasteiger charge is -2.26. The molecule has 1 N–H and O–H groups in total. The van der Waals surface area contributed by atoms with E-state index < -0.39 is 12.0 Å². The first kappa shape index (κ1) is 27.9. The van der Waals surface area contributed by atoms with E-state index in [9.17, 15) is 14.7 Å². The molecular weight excluding hydrogens is 568 g/mol. The lowest BCUT2D eigenvalue weighted by Crippen LogP contribution is -2.40. The van der Waals surface area contributed by atoms with Crippen LogP contribution in [0, 0.1) is 0 Å². The third-order valence-corrected chi connectivity index (χ3v) is 7.83. The van der Waals surface area contributed by atoms with Gasteiger partial charge in [0, 0.05) is 10.0 Å². The molecule has 1 aromatic heterocycles. The molecule has 1 aliphatic heterocycles. The van der Waals surface area contributed by atoms with Crippen LogP contribution in [0.5, 0.6) is 11.5 Å². The van der Waals surface area contributed by atoms with Crippen LogP contribution in [-0.4, -0.2) is 29.4 Å². The lowest BCUT2D eigenvalue weighted by atomic mass is 9.92. The van der Waals surface area contributed by atoms with E-state index in [4.69, 9.17) is 14.5 Å². The van der Waals surface area contributed by atoms with Crippen LogP contribution in [-0.2, 0) is 9.53 Å². The van der Waals surface area contributed by atoms with Crippen molar-refractivity contribution in [3.63, 3.8) is 0 Å². The molecule has 0 bridgehead atoms. The highest BCUT2D eigenvalue weighted by Gasteiger charge is 2.34. The zero-order valence-electron chi connectivity index (χ0n) is 22.1. The van der Waals surface area contributed by atoms with Crippen LogP contribution in [0.3, 0.4) is 0 Å². The molecule has 0 unspecified atom stereocenters. The summed E-state index contributed by atoms with van der Waals surface area (Å²) < 4.78 is 13.4. The third kappa shape index (κ3) is 5.35. The third-order valence-electron chi connectivity index (χ3n) is 6.39. The Morgan fingerprint density at radius 2 is 1.95 bits per heavy atom. The van der Waals surface area contributed by atoms with Gasteiger partial charge < -0.3 is 14.6 Å². The summed E-state index contributed by atoms with van der Waals surface area (Å²) in [5.41, 5.74) is 3.11. The normalized spacial score (nSPS) is 15.4. The number of fused-ring (bicyclic) bond motifs is 1. The molecule has 0 spiro atoms. The van der Waals surface area contributed by atoms with Crippen molar-refractivity contribution in [1.82, 2.24) is 4.57 Å². The molecule has 3 aromatic rings. The van der Waals surface area contributed by atoms with Crippen LogP contribution in [0.4, 0.5) is 0 Å². The van der Waals surface area contributed by atoms with E-state index in [0.717, 1.165) is 17.5 Å². The van der Waals surface area contributed by atoms with Gasteiger partial charge in [-0.15, -0.1) is 0 Å². The average molecular weight is 600 g/mol. The number of aromatic nitrogens is 1. The van der Waals surface area contributed by atoms with Crippen molar-refractivity contribution in [2.75, 3.05) is 13.7 Å². The van der Waals surface area contributed by atoms with Gasteiger partial charge in [-0.25, -0.2) is 9.79 Å². The monoisotopic (exact) mass is 598 g/mol. The Balaban J connectivity index is 2.00. The number of methoxy groups -OCH3 is 1. The maximum atomic E-state index is 13.9.